The van der Waals surface area contributed by atoms with Gasteiger partial charge in [-0.2, -0.15) is 0 Å². The van der Waals surface area contributed by atoms with E-state index in [0.29, 0.717) is 6.42 Å². The third kappa shape index (κ3) is 2.63. The van der Waals surface area contributed by atoms with Crippen molar-refractivity contribution in [2.24, 2.45) is 15.2 Å². The third-order valence-electron chi connectivity index (χ3n) is 2.67. The fraction of sp³-hybridized carbons (Fsp3) is 0.750. The monoisotopic (exact) mass is 278 g/mol. The fourth-order valence-electron chi connectivity index (χ4n) is 1.92. The van der Waals surface area contributed by atoms with Gasteiger partial charge in [0, 0.05) is 0 Å². The highest BCUT2D eigenvalue weighted by Gasteiger charge is 2.38. The molecule has 0 saturated carbocycles. The van der Waals surface area contributed by atoms with Crippen molar-refractivity contribution < 1.29 is 13.2 Å². The average molecular weight is 279 g/mol. The summed E-state index contributed by atoms with van der Waals surface area (Å²) in [6.45, 7) is 0. The van der Waals surface area contributed by atoms with Gasteiger partial charge in [0.1, 0.15) is 12.2 Å². The van der Waals surface area contributed by atoms with Crippen molar-refractivity contribution in [3.8, 4) is 0 Å². The Morgan fingerprint density at radius 2 is 2.29 bits per heavy atom. The number of nitrogens with zero attached hydrogens (tertiary/aromatic N) is 4. The zero-order chi connectivity index (χ0) is 12.5. The number of hydrogen-bond acceptors (Lipinski definition) is 6. The van der Waals surface area contributed by atoms with E-state index in [4.69, 9.17) is 11.6 Å². The molecule has 0 bridgehead atoms. The van der Waals surface area contributed by atoms with Crippen molar-refractivity contribution in [3.05, 3.63) is 0 Å². The molecule has 0 aliphatic carbocycles. The van der Waals surface area contributed by atoms with Crippen LogP contribution in [0.2, 0.25) is 0 Å². The Labute approximate surface area is 103 Å². The number of rotatable bonds is 3. The lowest BCUT2D eigenvalue weighted by Crippen LogP contribution is -2.46. The number of aliphatic imine (C=N–C) groups is 1. The first-order valence-electron chi connectivity index (χ1n) is 5.02. The van der Waals surface area contributed by atoms with E-state index in [2.05, 4.69) is 15.2 Å². The van der Waals surface area contributed by atoms with Gasteiger partial charge in [-0.3, -0.25) is 9.69 Å². The second kappa shape index (κ2) is 4.69. The first-order valence-corrected chi connectivity index (χ1v) is 7.38. The molecule has 7 nitrogen and oxygen atoms in total. The quantitative estimate of drug-likeness (QED) is 0.681. The molecular formula is C8H11ClN4O3S. The summed E-state index contributed by atoms with van der Waals surface area (Å²) in [5, 5.41) is 7.31. The van der Waals surface area contributed by atoms with Crippen LogP contribution >= 0.6 is 11.6 Å². The molecule has 0 aromatic heterocycles. The lowest BCUT2D eigenvalue weighted by atomic mass is 10.2. The van der Waals surface area contributed by atoms with E-state index in [1.54, 1.807) is 0 Å². The molecule has 0 N–H and O–H groups in total. The lowest BCUT2D eigenvalue weighted by molar-refractivity contribution is -0.132. The van der Waals surface area contributed by atoms with Gasteiger partial charge in [0.15, 0.2) is 9.84 Å². The topological polar surface area (TPSA) is 91.5 Å². The zero-order valence-corrected chi connectivity index (χ0v) is 10.4. The van der Waals surface area contributed by atoms with Crippen LogP contribution in [0.4, 0.5) is 0 Å². The predicted molar refractivity (Wildman–Crippen MR) is 61.8 cm³/mol. The maximum atomic E-state index is 11.7. The van der Waals surface area contributed by atoms with Crippen LogP contribution in [-0.4, -0.2) is 55.3 Å². The predicted octanol–water partition coefficient (Wildman–Crippen LogP) is 0.0186. The van der Waals surface area contributed by atoms with Crippen molar-refractivity contribution in [3.63, 3.8) is 0 Å². The van der Waals surface area contributed by atoms with Gasteiger partial charge in [-0.25, -0.2) is 13.4 Å². The molecule has 2 rings (SSSR count). The van der Waals surface area contributed by atoms with Gasteiger partial charge in [-0.1, -0.05) is 0 Å². The van der Waals surface area contributed by atoms with E-state index in [0.717, 1.165) is 0 Å². The molecule has 2 atom stereocenters. The summed E-state index contributed by atoms with van der Waals surface area (Å²) in [5.74, 6) is -0.580. The maximum absolute atomic E-state index is 11.7. The Hall–Kier alpha value is -1.02. The number of carbonyl (C=O) groups is 1. The van der Waals surface area contributed by atoms with Gasteiger partial charge in [0.2, 0.25) is 12.2 Å². The van der Waals surface area contributed by atoms with Crippen LogP contribution in [0.25, 0.3) is 0 Å². The van der Waals surface area contributed by atoms with E-state index in [1.807, 2.05) is 0 Å². The van der Waals surface area contributed by atoms with E-state index in [1.165, 1.54) is 11.2 Å². The normalized spacial score (nSPS) is 29.7. The molecule has 0 aromatic carbocycles. The van der Waals surface area contributed by atoms with Crippen molar-refractivity contribution in [1.29, 1.82) is 0 Å². The first-order chi connectivity index (χ1) is 8.03. The molecule has 0 unspecified atom stereocenters. The van der Waals surface area contributed by atoms with Gasteiger partial charge in [-0.05, 0) is 6.42 Å². The van der Waals surface area contributed by atoms with Crippen LogP contribution in [0.3, 0.4) is 0 Å². The van der Waals surface area contributed by atoms with Crippen LogP contribution in [0, 0.1) is 0 Å². The second-order valence-corrected chi connectivity index (χ2v) is 6.33. The highest BCUT2D eigenvalue weighted by molar-refractivity contribution is 7.91. The molecule has 2 aliphatic rings. The van der Waals surface area contributed by atoms with E-state index >= 15 is 0 Å². The lowest BCUT2D eigenvalue weighted by Gasteiger charge is -2.28. The number of halogens is 1. The molecule has 94 valence electrons. The zero-order valence-electron chi connectivity index (χ0n) is 8.86. The van der Waals surface area contributed by atoms with Crippen LogP contribution in [0.1, 0.15) is 6.42 Å². The minimum absolute atomic E-state index is 0.0584. The summed E-state index contributed by atoms with van der Waals surface area (Å²) in [6.07, 6.45) is 0.870. The summed E-state index contributed by atoms with van der Waals surface area (Å²) < 4.78 is 22.8. The highest BCUT2D eigenvalue weighted by Crippen LogP contribution is 2.22. The fourth-order valence-corrected chi connectivity index (χ4v) is 3.77. The summed E-state index contributed by atoms with van der Waals surface area (Å²) in [7, 11) is -3.07. The van der Waals surface area contributed by atoms with Crippen molar-refractivity contribution in [2.45, 2.75) is 18.8 Å². The molecule has 0 spiro atoms. The smallest absolute Gasteiger partial charge is 0.240 e. The summed E-state index contributed by atoms with van der Waals surface area (Å²) in [6, 6.07) is -0.412. The Bertz CT molecular complexity index is 463. The van der Waals surface area contributed by atoms with Crippen LogP contribution in [-0.2, 0) is 14.6 Å². The van der Waals surface area contributed by atoms with Crippen molar-refractivity contribution in [1.82, 2.24) is 4.90 Å². The Morgan fingerprint density at radius 3 is 2.76 bits per heavy atom. The molecule has 2 heterocycles. The Balaban J connectivity index is 2.19. The minimum atomic E-state index is -3.07. The number of amides is 1. The third-order valence-corrected chi connectivity index (χ3v) is 4.65. The van der Waals surface area contributed by atoms with Crippen LogP contribution in [0.15, 0.2) is 15.2 Å². The van der Waals surface area contributed by atoms with E-state index < -0.39 is 22.2 Å². The number of carbonyl (C=O) groups excluding carboxylic acids is 1. The first kappa shape index (κ1) is 12.4. The SMILES string of the molecule is O=C(CCl)N([C@H]1CCS(=O)(=O)C1)[C@@H]1N=CN=N1. The van der Waals surface area contributed by atoms with Gasteiger partial charge in [0.05, 0.1) is 17.5 Å². The average Bonchev–Trinajstić information content (AvgIpc) is 2.89. The maximum Gasteiger partial charge on any atom is 0.240 e. The molecule has 9 heteroatoms. The molecule has 2 aliphatic heterocycles. The highest BCUT2D eigenvalue weighted by atomic mass is 35.5. The largest absolute Gasteiger partial charge is 0.295 e. The minimum Gasteiger partial charge on any atom is -0.295 e. The number of alkyl halides is 1. The van der Waals surface area contributed by atoms with Crippen LogP contribution in [0.5, 0.6) is 0 Å². The molecule has 1 fully saturated rings. The molecule has 1 amide bonds. The molecule has 0 aromatic rings. The number of hydrogen-bond donors (Lipinski definition) is 0. The number of sulfone groups is 1. The Morgan fingerprint density at radius 1 is 1.53 bits per heavy atom. The standard InChI is InChI=1S/C8H11ClN4O3S/c9-3-7(14)13(8-10-5-11-12-8)6-1-2-17(15,16)4-6/h5-6,8H,1-4H2/t6-,8+/m0/s1. The van der Waals surface area contributed by atoms with E-state index in [9.17, 15) is 13.2 Å². The van der Waals surface area contributed by atoms with Crippen LogP contribution < -0.4 is 0 Å². The molecule has 0 radical (unpaired) electrons. The summed E-state index contributed by atoms with van der Waals surface area (Å²) in [5.41, 5.74) is 0. The van der Waals surface area contributed by atoms with E-state index in [-0.39, 0.29) is 23.3 Å². The number of azo groups is 1. The van der Waals surface area contributed by atoms with Gasteiger partial charge < -0.3 is 0 Å². The summed E-state index contributed by atoms with van der Waals surface area (Å²) in [4.78, 5) is 16.9. The van der Waals surface area contributed by atoms with Gasteiger partial charge in [-0.15, -0.1) is 21.8 Å². The molecule has 17 heavy (non-hydrogen) atoms. The Kier molecular flexibility index (Phi) is 3.43. The molecule has 1 saturated heterocycles. The van der Waals surface area contributed by atoms with Crippen molar-refractivity contribution >= 4 is 33.7 Å². The van der Waals surface area contributed by atoms with Gasteiger partial charge in [0.25, 0.3) is 0 Å². The second-order valence-electron chi connectivity index (χ2n) is 3.83. The van der Waals surface area contributed by atoms with Gasteiger partial charge >= 0.3 is 0 Å². The summed E-state index contributed by atoms with van der Waals surface area (Å²) >= 11 is 5.51. The molecular weight excluding hydrogens is 268 g/mol. The van der Waals surface area contributed by atoms with Crippen molar-refractivity contribution in [2.75, 3.05) is 17.4 Å².